The van der Waals surface area contributed by atoms with Crippen LogP contribution < -0.4 is 10.2 Å². The van der Waals surface area contributed by atoms with Gasteiger partial charge in [-0.25, -0.2) is 0 Å². The second-order valence-electron chi connectivity index (χ2n) is 6.25. The van der Waals surface area contributed by atoms with Crippen molar-refractivity contribution in [1.82, 2.24) is 4.90 Å². The highest BCUT2D eigenvalue weighted by Gasteiger charge is 2.21. The minimum Gasteiger partial charge on any atom is -0.496 e. The molecule has 0 spiro atoms. The standard InChI is InChI=1S/C22H23NO4/c1-5-23(6-2)22(25)17-12-9-11-16-19(24)14(3)20(27-21(16)17)15-10-7-8-13-18(15)26-4/h7-13H,5-6H2,1-4H3. The molecule has 1 aromatic heterocycles. The Bertz CT molecular complexity index is 1050. The van der Waals surface area contributed by atoms with Gasteiger partial charge in [-0.3, -0.25) is 9.59 Å². The van der Waals surface area contributed by atoms with Gasteiger partial charge in [-0.2, -0.15) is 0 Å². The number of carbonyl (C=O) groups is 1. The van der Waals surface area contributed by atoms with Gasteiger partial charge in [-0.15, -0.1) is 0 Å². The van der Waals surface area contributed by atoms with E-state index >= 15 is 0 Å². The van der Waals surface area contributed by atoms with E-state index in [-0.39, 0.29) is 11.3 Å². The fourth-order valence-electron chi connectivity index (χ4n) is 3.25. The van der Waals surface area contributed by atoms with Gasteiger partial charge in [0.2, 0.25) is 0 Å². The van der Waals surface area contributed by atoms with Crippen LogP contribution in [0.5, 0.6) is 5.75 Å². The van der Waals surface area contributed by atoms with Gasteiger partial charge in [0.15, 0.2) is 11.0 Å². The lowest BCUT2D eigenvalue weighted by molar-refractivity contribution is 0.0774. The normalized spacial score (nSPS) is 10.8. The Hall–Kier alpha value is -3.08. The maximum atomic E-state index is 13.0. The maximum Gasteiger partial charge on any atom is 0.257 e. The van der Waals surface area contributed by atoms with E-state index in [1.54, 1.807) is 37.1 Å². The third-order valence-corrected chi connectivity index (χ3v) is 4.78. The van der Waals surface area contributed by atoms with Crippen LogP contribution in [-0.2, 0) is 0 Å². The SMILES string of the molecule is CCN(CC)C(=O)c1cccc2c(=O)c(C)c(-c3ccccc3OC)oc12. The predicted molar refractivity (Wildman–Crippen MR) is 106 cm³/mol. The average Bonchev–Trinajstić information content (AvgIpc) is 2.71. The Kier molecular flexibility index (Phi) is 5.31. The van der Waals surface area contributed by atoms with Gasteiger partial charge < -0.3 is 14.1 Å². The van der Waals surface area contributed by atoms with E-state index in [9.17, 15) is 9.59 Å². The summed E-state index contributed by atoms with van der Waals surface area (Å²) in [5, 5.41) is 0.407. The Morgan fingerprint density at radius 2 is 1.78 bits per heavy atom. The number of fused-ring (bicyclic) bond motifs is 1. The molecule has 3 rings (SSSR count). The second-order valence-corrected chi connectivity index (χ2v) is 6.25. The molecule has 0 bridgehead atoms. The number of nitrogens with zero attached hydrogens (tertiary/aromatic N) is 1. The van der Waals surface area contributed by atoms with Crippen molar-refractivity contribution in [2.45, 2.75) is 20.8 Å². The maximum absolute atomic E-state index is 13.0. The first-order chi connectivity index (χ1) is 13.0. The molecule has 3 aromatic rings. The first-order valence-corrected chi connectivity index (χ1v) is 9.02. The zero-order valence-corrected chi connectivity index (χ0v) is 16.0. The van der Waals surface area contributed by atoms with Crippen molar-refractivity contribution >= 4 is 16.9 Å². The third kappa shape index (κ3) is 3.21. The average molecular weight is 365 g/mol. The van der Waals surface area contributed by atoms with E-state index in [2.05, 4.69) is 0 Å². The van der Waals surface area contributed by atoms with Crippen LogP contribution in [0.2, 0.25) is 0 Å². The van der Waals surface area contributed by atoms with E-state index in [0.29, 0.717) is 52.3 Å². The van der Waals surface area contributed by atoms with Crippen LogP contribution in [0.25, 0.3) is 22.3 Å². The van der Waals surface area contributed by atoms with Gasteiger partial charge >= 0.3 is 0 Å². The minimum atomic E-state index is -0.149. The van der Waals surface area contributed by atoms with E-state index in [0.717, 1.165) is 0 Å². The summed E-state index contributed by atoms with van der Waals surface area (Å²) in [6.07, 6.45) is 0. The molecule has 1 heterocycles. The number of ether oxygens (including phenoxy) is 1. The quantitative estimate of drug-likeness (QED) is 0.678. The van der Waals surface area contributed by atoms with E-state index in [1.807, 2.05) is 38.1 Å². The summed E-state index contributed by atoms with van der Waals surface area (Å²) in [6.45, 7) is 6.74. The number of rotatable bonds is 5. The molecular formula is C22H23NO4. The molecule has 5 nitrogen and oxygen atoms in total. The number of carbonyl (C=O) groups excluding carboxylic acids is 1. The van der Waals surface area contributed by atoms with Crippen molar-refractivity contribution in [2.24, 2.45) is 0 Å². The monoisotopic (exact) mass is 365 g/mol. The van der Waals surface area contributed by atoms with Crippen molar-refractivity contribution in [3.8, 4) is 17.1 Å². The van der Waals surface area contributed by atoms with E-state index in [1.165, 1.54) is 0 Å². The van der Waals surface area contributed by atoms with E-state index < -0.39 is 0 Å². The van der Waals surface area contributed by atoms with Gasteiger partial charge in [0.05, 0.1) is 23.6 Å². The first-order valence-electron chi connectivity index (χ1n) is 9.02. The van der Waals surface area contributed by atoms with Crippen LogP contribution >= 0.6 is 0 Å². The Balaban J connectivity index is 2.33. The lowest BCUT2D eigenvalue weighted by atomic mass is 10.0. The Morgan fingerprint density at radius 3 is 2.44 bits per heavy atom. The number of benzene rings is 2. The Labute approximate surface area is 158 Å². The molecular weight excluding hydrogens is 342 g/mol. The number of amides is 1. The van der Waals surface area contributed by atoms with Crippen molar-refractivity contribution in [3.05, 3.63) is 63.8 Å². The molecule has 1 amide bonds. The highest BCUT2D eigenvalue weighted by atomic mass is 16.5. The third-order valence-electron chi connectivity index (χ3n) is 4.78. The molecule has 5 heteroatoms. The Morgan fingerprint density at radius 1 is 1.07 bits per heavy atom. The molecule has 27 heavy (non-hydrogen) atoms. The molecule has 0 radical (unpaired) electrons. The van der Waals surface area contributed by atoms with Crippen LogP contribution in [0.3, 0.4) is 0 Å². The number of para-hydroxylation sites is 2. The first kappa shape index (κ1) is 18.7. The number of hydrogen-bond acceptors (Lipinski definition) is 4. The van der Waals surface area contributed by atoms with Crippen molar-refractivity contribution < 1.29 is 13.9 Å². The molecule has 2 aromatic carbocycles. The molecule has 0 unspecified atom stereocenters. The summed E-state index contributed by atoms with van der Waals surface area (Å²) in [6, 6.07) is 12.5. The molecule has 0 aliphatic rings. The molecule has 0 saturated carbocycles. The molecule has 0 aliphatic heterocycles. The summed E-state index contributed by atoms with van der Waals surface area (Å²) in [5.41, 5.74) is 1.72. The van der Waals surface area contributed by atoms with Crippen molar-refractivity contribution in [3.63, 3.8) is 0 Å². The van der Waals surface area contributed by atoms with Crippen LogP contribution in [0.4, 0.5) is 0 Å². The lowest BCUT2D eigenvalue weighted by Crippen LogP contribution is -2.30. The highest BCUT2D eigenvalue weighted by Crippen LogP contribution is 2.33. The van der Waals surface area contributed by atoms with Gasteiger partial charge in [0, 0.05) is 18.7 Å². The summed E-state index contributed by atoms with van der Waals surface area (Å²) in [5.74, 6) is 0.879. The predicted octanol–water partition coefficient (Wildman–Crippen LogP) is 4.26. The zero-order valence-electron chi connectivity index (χ0n) is 16.0. The van der Waals surface area contributed by atoms with Crippen LogP contribution in [0.1, 0.15) is 29.8 Å². The van der Waals surface area contributed by atoms with Gasteiger partial charge in [0.25, 0.3) is 5.91 Å². The van der Waals surface area contributed by atoms with Crippen molar-refractivity contribution in [2.75, 3.05) is 20.2 Å². The zero-order chi connectivity index (χ0) is 19.6. The fraction of sp³-hybridized carbons (Fsp3) is 0.273. The van der Waals surface area contributed by atoms with Gasteiger partial charge in [0.1, 0.15) is 11.5 Å². The molecule has 0 atom stereocenters. The molecule has 0 N–H and O–H groups in total. The molecule has 140 valence electrons. The van der Waals surface area contributed by atoms with Gasteiger partial charge in [-0.1, -0.05) is 18.2 Å². The van der Waals surface area contributed by atoms with E-state index in [4.69, 9.17) is 9.15 Å². The summed E-state index contributed by atoms with van der Waals surface area (Å²) >= 11 is 0. The smallest absolute Gasteiger partial charge is 0.257 e. The molecule has 0 aliphatic carbocycles. The summed E-state index contributed by atoms with van der Waals surface area (Å²) < 4.78 is 11.6. The van der Waals surface area contributed by atoms with Crippen molar-refractivity contribution in [1.29, 1.82) is 0 Å². The second kappa shape index (κ2) is 7.66. The van der Waals surface area contributed by atoms with Gasteiger partial charge in [-0.05, 0) is 45.0 Å². The summed E-state index contributed by atoms with van der Waals surface area (Å²) in [4.78, 5) is 27.6. The number of hydrogen-bond donors (Lipinski definition) is 0. The minimum absolute atomic E-state index is 0.147. The molecule has 0 fully saturated rings. The van der Waals surface area contributed by atoms with Crippen LogP contribution in [0.15, 0.2) is 51.7 Å². The lowest BCUT2D eigenvalue weighted by Gasteiger charge is -2.19. The van der Waals surface area contributed by atoms with Crippen LogP contribution in [-0.4, -0.2) is 31.0 Å². The molecule has 0 saturated heterocycles. The topological polar surface area (TPSA) is 59.8 Å². The fourth-order valence-corrected chi connectivity index (χ4v) is 3.25. The highest BCUT2D eigenvalue weighted by molar-refractivity contribution is 6.05. The largest absolute Gasteiger partial charge is 0.496 e. The van der Waals surface area contributed by atoms with Crippen LogP contribution in [0, 0.1) is 6.92 Å². The summed E-state index contributed by atoms with van der Waals surface area (Å²) in [7, 11) is 1.57. The number of methoxy groups -OCH3 is 1.